The number of rotatable bonds is 7. The van der Waals surface area contributed by atoms with Crippen LogP contribution in [0.3, 0.4) is 0 Å². The molecule has 0 aliphatic carbocycles. The summed E-state index contributed by atoms with van der Waals surface area (Å²) >= 11 is 0. The maximum Gasteiger partial charge on any atom is 0.262 e. The van der Waals surface area contributed by atoms with Crippen LogP contribution in [0.15, 0.2) is 29.2 Å². The standard InChI is InChI=1S/C12H16FN3O5S/c1-16(2)12(18)7-14-11(17)8-21-15-22(19,20)10-5-3-9(13)4-6-10/h3-6,15H,7-8H2,1-2H3,(H,14,17). The molecule has 0 heterocycles. The largest absolute Gasteiger partial charge is 0.347 e. The topological polar surface area (TPSA) is 105 Å². The molecule has 0 saturated carbocycles. The first kappa shape index (κ1) is 18.0. The molecule has 0 aliphatic rings. The monoisotopic (exact) mass is 333 g/mol. The predicted octanol–water partition coefficient (Wildman–Crippen LogP) is -0.760. The Morgan fingerprint density at radius 3 is 2.36 bits per heavy atom. The number of sulfonamides is 1. The lowest BCUT2D eigenvalue weighted by molar-refractivity contribution is -0.133. The van der Waals surface area contributed by atoms with Gasteiger partial charge in [0, 0.05) is 14.1 Å². The zero-order valence-electron chi connectivity index (χ0n) is 12.0. The molecule has 0 bridgehead atoms. The summed E-state index contributed by atoms with van der Waals surface area (Å²) in [7, 11) is -0.952. The van der Waals surface area contributed by atoms with Gasteiger partial charge < -0.3 is 10.2 Å². The van der Waals surface area contributed by atoms with Gasteiger partial charge in [0.2, 0.25) is 11.8 Å². The molecule has 1 aromatic rings. The summed E-state index contributed by atoms with van der Waals surface area (Å²) in [6, 6.07) is 4.07. The fraction of sp³-hybridized carbons (Fsp3) is 0.333. The number of carbonyl (C=O) groups excluding carboxylic acids is 2. The Balaban J connectivity index is 2.41. The minimum Gasteiger partial charge on any atom is -0.347 e. The van der Waals surface area contributed by atoms with Crippen LogP contribution >= 0.6 is 0 Å². The predicted molar refractivity (Wildman–Crippen MR) is 74.4 cm³/mol. The van der Waals surface area contributed by atoms with Gasteiger partial charge in [0.05, 0.1) is 11.4 Å². The van der Waals surface area contributed by atoms with Crippen LogP contribution in [0.25, 0.3) is 0 Å². The maximum atomic E-state index is 12.7. The van der Waals surface area contributed by atoms with Crippen molar-refractivity contribution in [2.45, 2.75) is 4.90 Å². The van der Waals surface area contributed by atoms with Crippen LogP contribution in [0.1, 0.15) is 0 Å². The second-order valence-corrected chi connectivity index (χ2v) is 6.04. The molecule has 122 valence electrons. The van der Waals surface area contributed by atoms with Crippen molar-refractivity contribution in [3.8, 4) is 0 Å². The highest BCUT2D eigenvalue weighted by Crippen LogP contribution is 2.09. The molecule has 0 fully saturated rings. The summed E-state index contributed by atoms with van der Waals surface area (Å²) in [5.74, 6) is -1.57. The normalized spacial score (nSPS) is 11.0. The summed E-state index contributed by atoms with van der Waals surface area (Å²) in [6.07, 6.45) is 0. The summed E-state index contributed by atoms with van der Waals surface area (Å²) in [5, 5.41) is 2.26. The molecule has 0 radical (unpaired) electrons. The Morgan fingerprint density at radius 1 is 1.23 bits per heavy atom. The fourth-order valence-corrected chi connectivity index (χ4v) is 2.02. The van der Waals surface area contributed by atoms with Crippen LogP contribution in [0.4, 0.5) is 4.39 Å². The van der Waals surface area contributed by atoms with Crippen LogP contribution in [-0.4, -0.2) is 52.4 Å². The average molecular weight is 333 g/mol. The highest BCUT2D eigenvalue weighted by Gasteiger charge is 2.15. The first-order valence-electron chi connectivity index (χ1n) is 6.08. The molecular weight excluding hydrogens is 317 g/mol. The molecular formula is C12H16FN3O5S. The van der Waals surface area contributed by atoms with Gasteiger partial charge in [-0.25, -0.2) is 12.8 Å². The van der Waals surface area contributed by atoms with Crippen LogP contribution in [-0.2, 0) is 24.4 Å². The fourth-order valence-electron chi connectivity index (χ4n) is 1.22. The second kappa shape index (κ2) is 7.82. The van der Waals surface area contributed by atoms with Gasteiger partial charge in [-0.05, 0) is 24.3 Å². The Bertz CT molecular complexity index is 631. The van der Waals surface area contributed by atoms with Crippen LogP contribution < -0.4 is 10.2 Å². The van der Waals surface area contributed by atoms with E-state index in [1.165, 1.54) is 19.0 Å². The minimum absolute atomic E-state index is 0.211. The van der Waals surface area contributed by atoms with Crippen molar-refractivity contribution >= 4 is 21.8 Å². The van der Waals surface area contributed by atoms with Crippen LogP contribution in [0.2, 0.25) is 0 Å². The quantitative estimate of drug-likeness (QED) is 0.638. The van der Waals surface area contributed by atoms with Gasteiger partial charge in [0.15, 0.2) is 0 Å². The number of carbonyl (C=O) groups is 2. The highest BCUT2D eigenvalue weighted by molar-refractivity contribution is 7.89. The third-order valence-corrected chi connectivity index (χ3v) is 3.66. The van der Waals surface area contributed by atoms with E-state index in [0.29, 0.717) is 0 Å². The number of amides is 2. The Labute approximate surface area is 127 Å². The third kappa shape index (κ3) is 5.76. The van der Waals surface area contributed by atoms with E-state index in [4.69, 9.17) is 0 Å². The maximum absolute atomic E-state index is 12.7. The smallest absolute Gasteiger partial charge is 0.262 e. The molecule has 0 unspecified atom stereocenters. The number of benzene rings is 1. The van der Waals surface area contributed by atoms with Gasteiger partial charge in [-0.3, -0.25) is 14.4 Å². The van der Waals surface area contributed by atoms with Gasteiger partial charge in [-0.1, -0.05) is 4.89 Å². The Kier molecular flexibility index (Phi) is 6.40. The zero-order chi connectivity index (χ0) is 16.8. The number of hydrogen-bond donors (Lipinski definition) is 2. The summed E-state index contributed by atoms with van der Waals surface area (Å²) < 4.78 is 36.2. The van der Waals surface area contributed by atoms with E-state index in [2.05, 4.69) is 10.2 Å². The van der Waals surface area contributed by atoms with Crippen molar-refractivity contribution in [3.05, 3.63) is 30.1 Å². The SMILES string of the molecule is CN(C)C(=O)CNC(=O)CONS(=O)(=O)c1ccc(F)cc1. The number of nitrogens with one attached hydrogen (secondary N) is 2. The zero-order valence-corrected chi connectivity index (χ0v) is 12.8. The molecule has 0 saturated heterocycles. The van der Waals surface area contributed by atoms with E-state index < -0.39 is 28.4 Å². The van der Waals surface area contributed by atoms with Crippen molar-refractivity contribution in [2.24, 2.45) is 0 Å². The summed E-state index contributed by atoms with van der Waals surface area (Å²) in [6.45, 7) is -0.832. The van der Waals surface area contributed by atoms with Gasteiger partial charge >= 0.3 is 0 Å². The first-order valence-corrected chi connectivity index (χ1v) is 7.56. The summed E-state index contributed by atoms with van der Waals surface area (Å²) in [4.78, 5) is 29.9. The van der Waals surface area contributed by atoms with Crippen molar-refractivity contribution in [1.82, 2.24) is 15.1 Å². The van der Waals surface area contributed by atoms with Crippen molar-refractivity contribution in [3.63, 3.8) is 0 Å². The van der Waals surface area contributed by atoms with E-state index in [-0.39, 0.29) is 17.3 Å². The van der Waals surface area contributed by atoms with E-state index in [1.54, 1.807) is 4.89 Å². The molecule has 10 heteroatoms. The van der Waals surface area contributed by atoms with E-state index >= 15 is 0 Å². The van der Waals surface area contributed by atoms with Gasteiger partial charge in [0.1, 0.15) is 12.4 Å². The van der Waals surface area contributed by atoms with E-state index in [1.807, 2.05) is 0 Å². The van der Waals surface area contributed by atoms with Crippen LogP contribution in [0.5, 0.6) is 0 Å². The second-order valence-electron chi connectivity index (χ2n) is 4.39. The summed E-state index contributed by atoms with van der Waals surface area (Å²) in [5.41, 5.74) is 0. The molecule has 2 N–H and O–H groups in total. The first-order chi connectivity index (χ1) is 10.2. The Hall–Kier alpha value is -2.04. The Morgan fingerprint density at radius 2 is 1.82 bits per heavy atom. The molecule has 22 heavy (non-hydrogen) atoms. The van der Waals surface area contributed by atoms with Gasteiger partial charge in [-0.2, -0.15) is 0 Å². The van der Waals surface area contributed by atoms with Crippen molar-refractivity contribution < 1.29 is 27.2 Å². The minimum atomic E-state index is -4.01. The number of hydrogen-bond acceptors (Lipinski definition) is 5. The lowest BCUT2D eigenvalue weighted by Crippen LogP contribution is -2.39. The van der Waals surface area contributed by atoms with Crippen molar-refractivity contribution in [2.75, 3.05) is 27.2 Å². The molecule has 0 aromatic heterocycles. The molecule has 1 aromatic carbocycles. The molecule has 8 nitrogen and oxygen atoms in total. The van der Waals surface area contributed by atoms with E-state index in [0.717, 1.165) is 24.3 Å². The highest BCUT2D eigenvalue weighted by atomic mass is 32.2. The molecule has 0 spiro atoms. The number of nitrogens with zero attached hydrogens (tertiary/aromatic N) is 1. The third-order valence-electron chi connectivity index (χ3n) is 2.43. The average Bonchev–Trinajstić information content (AvgIpc) is 2.44. The molecule has 0 atom stereocenters. The van der Waals surface area contributed by atoms with Gasteiger partial charge in [-0.15, -0.1) is 0 Å². The molecule has 1 rings (SSSR count). The van der Waals surface area contributed by atoms with Crippen LogP contribution in [0, 0.1) is 5.82 Å². The lowest BCUT2D eigenvalue weighted by atomic mass is 10.4. The number of likely N-dealkylation sites (N-methyl/N-ethyl adjacent to an activating group) is 1. The lowest BCUT2D eigenvalue weighted by Gasteiger charge is -2.11. The molecule has 2 amide bonds. The van der Waals surface area contributed by atoms with Gasteiger partial charge in [0.25, 0.3) is 10.0 Å². The molecule has 0 aliphatic heterocycles. The number of halogens is 1. The van der Waals surface area contributed by atoms with Crippen molar-refractivity contribution in [1.29, 1.82) is 0 Å². The van der Waals surface area contributed by atoms with E-state index in [9.17, 15) is 22.4 Å².